The van der Waals surface area contributed by atoms with Crippen molar-refractivity contribution in [1.82, 2.24) is 19.2 Å². The molecule has 3 unspecified atom stereocenters. The molecule has 1 aromatic heterocycles. The number of aryl methyl sites for hydroxylation is 1. The van der Waals surface area contributed by atoms with Gasteiger partial charge >= 0.3 is 0 Å². The second kappa shape index (κ2) is 9.09. The van der Waals surface area contributed by atoms with Crippen LogP contribution in [0.5, 0.6) is 11.5 Å². The molecule has 4 heterocycles. The van der Waals surface area contributed by atoms with Gasteiger partial charge in [0.25, 0.3) is 0 Å². The van der Waals surface area contributed by atoms with Crippen molar-refractivity contribution in [2.75, 3.05) is 19.6 Å². The lowest BCUT2D eigenvalue weighted by molar-refractivity contribution is 0.416. The molecule has 6 bridgehead atoms. The van der Waals surface area contributed by atoms with Crippen LogP contribution in [0.1, 0.15) is 36.1 Å². The number of sulfonamides is 1. The molecule has 2 aromatic carbocycles. The molecule has 182 valence electrons. The molecule has 1 fully saturated rings. The third-order valence-corrected chi connectivity index (χ3v) is 8.79. The second-order valence-electron chi connectivity index (χ2n) is 9.16. The summed E-state index contributed by atoms with van der Waals surface area (Å²) in [6.45, 7) is 1.61. The third kappa shape index (κ3) is 4.32. The van der Waals surface area contributed by atoms with Crippen molar-refractivity contribution >= 4 is 10.0 Å². The molecule has 6 rings (SSSR count). The van der Waals surface area contributed by atoms with Gasteiger partial charge in [0.2, 0.25) is 10.0 Å². The van der Waals surface area contributed by atoms with E-state index in [9.17, 15) is 13.7 Å². The molecule has 3 N–H and O–H groups in total. The number of ether oxygens (including phenoxy) is 1. The molecule has 0 aliphatic carbocycles. The molecule has 3 atom stereocenters. The van der Waals surface area contributed by atoms with Gasteiger partial charge in [0.05, 0.1) is 34.2 Å². The second-order valence-corrected chi connectivity index (χ2v) is 11.1. The van der Waals surface area contributed by atoms with Crippen molar-refractivity contribution in [3.8, 4) is 17.6 Å². The lowest BCUT2D eigenvalue weighted by Crippen LogP contribution is -2.41. The van der Waals surface area contributed by atoms with Crippen LogP contribution in [-0.4, -0.2) is 48.0 Å². The number of hydrogen-bond donors (Lipinski definition) is 2. The van der Waals surface area contributed by atoms with Gasteiger partial charge in [0, 0.05) is 26.2 Å². The summed E-state index contributed by atoms with van der Waals surface area (Å²) in [5, 5.41) is 13.2. The van der Waals surface area contributed by atoms with Crippen LogP contribution < -0.4 is 15.8 Å². The Morgan fingerprint density at radius 2 is 2.06 bits per heavy atom. The van der Waals surface area contributed by atoms with E-state index in [1.807, 2.05) is 17.7 Å². The van der Waals surface area contributed by atoms with Gasteiger partial charge in [-0.25, -0.2) is 13.4 Å². The number of nitrogens with two attached hydrogens (primary N) is 1. The summed E-state index contributed by atoms with van der Waals surface area (Å²) >= 11 is 0. The van der Waals surface area contributed by atoms with Crippen molar-refractivity contribution in [3.63, 3.8) is 0 Å². The fourth-order valence-electron chi connectivity index (χ4n) is 4.93. The van der Waals surface area contributed by atoms with Crippen LogP contribution in [0.3, 0.4) is 0 Å². The summed E-state index contributed by atoms with van der Waals surface area (Å²) in [5.41, 5.74) is 8.25. The molecule has 0 saturated carbocycles. The van der Waals surface area contributed by atoms with E-state index in [4.69, 9.17) is 10.5 Å². The Morgan fingerprint density at radius 3 is 2.77 bits per heavy atom. The Bertz CT molecular complexity index is 1380. The highest BCUT2D eigenvalue weighted by atomic mass is 32.2. The Labute approximate surface area is 205 Å². The van der Waals surface area contributed by atoms with Crippen molar-refractivity contribution in [1.29, 1.82) is 5.26 Å². The first-order valence-electron chi connectivity index (χ1n) is 11.6. The van der Waals surface area contributed by atoms with Crippen LogP contribution in [0, 0.1) is 11.3 Å². The smallest absolute Gasteiger partial charge is 0.243 e. The number of fused-ring (bicyclic) bond motifs is 6. The zero-order valence-corrected chi connectivity index (χ0v) is 20.3. The molecular formula is C25H28N6O3S. The molecular weight excluding hydrogens is 464 g/mol. The minimum Gasteiger partial charge on any atom is -0.456 e. The van der Waals surface area contributed by atoms with Crippen LogP contribution in [-0.2, 0) is 22.6 Å². The Balaban J connectivity index is 1.60. The van der Waals surface area contributed by atoms with E-state index in [2.05, 4.69) is 16.4 Å². The van der Waals surface area contributed by atoms with Gasteiger partial charge in [-0.15, -0.1) is 0 Å². The minimum absolute atomic E-state index is 0.0912. The zero-order chi connectivity index (χ0) is 24.6. The third-order valence-electron chi connectivity index (χ3n) is 6.91. The van der Waals surface area contributed by atoms with E-state index >= 15 is 0 Å². The van der Waals surface area contributed by atoms with Crippen LogP contribution in [0.25, 0.3) is 0 Å². The van der Waals surface area contributed by atoms with Crippen LogP contribution in [0.15, 0.2) is 59.9 Å². The van der Waals surface area contributed by atoms with Crippen molar-refractivity contribution < 1.29 is 13.2 Å². The lowest BCUT2D eigenvalue weighted by atomic mass is 9.83. The first kappa shape index (κ1) is 23.5. The standard InChI is InChI=1S/C25H28N6O3S/c1-30-17-28-15-24(30)25(27)10-2-11-29-20-9-12-31(16-20)35(32,33)22-7-5-21(6-8-22)34-23-13-19(25)4-3-18(23)14-26/h3-8,13,15,17,20,29H,2,9-12,16,27H2,1H3. The van der Waals surface area contributed by atoms with E-state index in [1.165, 1.54) is 4.31 Å². The van der Waals surface area contributed by atoms with E-state index in [-0.39, 0.29) is 10.9 Å². The molecule has 0 amide bonds. The number of nitrogens with one attached hydrogen (secondary N) is 1. The fraction of sp³-hybridized carbons (Fsp3) is 0.360. The summed E-state index contributed by atoms with van der Waals surface area (Å²) in [7, 11) is -1.68. The predicted octanol–water partition coefficient (Wildman–Crippen LogP) is 2.43. The number of nitrogens with zero attached hydrogens (tertiary/aromatic N) is 4. The average Bonchev–Trinajstić information content (AvgIpc) is 3.51. The van der Waals surface area contributed by atoms with Gasteiger partial charge in [0.1, 0.15) is 17.6 Å². The van der Waals surface area contributed by atoms with Gasteiger partial charge < -0.3 is 20.4 Å². The fourth-order valence-corrected chi connectivity index (χ4v) is 6.43. The maximum Gasteiger partial charge on any atom is 0.243 e. The number of aromatic nitrogens is 2. The van der Waals surface area contributed by atoms with E-state index < -0.39 is 15.6 Å². The van der Waals surface area contributed by atoms with Crippen LogP contribution in [0.4, 0.5) is 0 Å². The van der Waals surface area contributed by atoms with E-state index in [1.54, 1.807) is 48.9 Å². The molecule has 3 aliphatic rings. The number of rotatable bonds is 1. The lowest BCUT2D eigenvalue weighted by Gasteiger charge is -2.31. The number of imidazole rings is 1. The largest absolute Gasteiger partial charge is 0.456 e. The Hall–Kier alpha value is -3.23. The van der Waals surface area contributed by atoms with Crippen molar-refractivity contribution in [2.45, 2.75) is 35.7 Å². The molecule has 35 heavy (non-hydrogen) atoms. The highest BCUT2D eigenvalue weighted by Crippen LogP contribution is 2.36. The molecule has 0 radical (unpaired) electrons. The predicted molar refractivity (Wildman–Crippen MR) is 130 cm³/mol. The van der Waals surface area contributed by atoms with Crippen molar-refractivity contribution in [2.24, 2.45) is 12.8 Å². The number of benzene rings is 2. The van der Waals surface area contributed by atoms with Gasteiger partial charge in [-0.05, 0) is 67.8 Å². The van der Waals surface area contributed by atoms with Gasteiger partial charge in [-0.1, -0.05) is 6.07 Å². The first-order chi connectivity index (χ1) is 16.8. The molecule has 10 heteroatoms. The number of nitriles is 1. The average molecular weight is 493 g/mol. The maximum absolute atomic E-state index is 13.1. The van der Waals surface area contributed by atoms with E-state index in [0.717, 1.165) is 24.1 Å². The minimum atomic E-state index is -3.59. The van der Waals surface area contributed by atoms with Crippen LogP contribution >= 0.6 is 0 Å². The van der Waals surface area contributed by atoms with Crippen molar-refractivity contribution in [3.05, 3.63) is 71.8 Å². The van der Waals surface area contributed by atoms with Gasteiger partial charge in [-0.3, -0.25) is 0 Å². The maximum atomic E-state index is 13.1. The summed E-state index contributed by atoms with van der Waals surface area (Å²) in [6, 6.07) is 13.9. The van der Waals surface area contributed by atoms with Gasteiger partial charge in [0.15, 0.2) is 0 Å². The molecule has 0 spiro atoms. The normalized spacial score (nSPS) is 26.0. The summed E-state index contributed by atoms with van der Waals surface area (Å²) in [5.74, 6) is 0.800. The molecule has 9 nitrogen and oxygen atoms in total. The zero-order valence-electron chi connectivity index (χ0n) is 19.5. The number of hydrogen-bond acceptors (Lipinski definition) is 7. The monoisotopic (exact) mass is 492 g/mol. The highest BCUT2D eigenvalue weighted by molar-refractivity contribution is 7.89. The molecule has 1 saturated heterocycles. The topological polar surface area (TPSA) is 126 Å². The van der Waals surface area contributed by atoms with Crippen LogP contribution in [0.2, 0.25) is 0 Å². The van der Waals surface area contributed by atoms with Gasteiger partial charge in [-0.2, -0.15) is 9.57 Å². The molecule has 3 aliphatic heterocycles. The Kier molecular flexibility index (Phi) is 6.11. The summed E-state index contributed by atoms with van der Waals surface area (Å²) in [6.07, 6.45) is 5.63. The SMILES string of the molecule is Cn1cncc1C1(N)CCCNC2CCN(C2)S(=O)(=O)c2ccc(cc2)Oc2cc1ccc2C#N. The summed E-state index contributed by atoms with van der Waals surface area (Å²) < 4.78 is 35.8. The molecule has 3 aromatic rings. The highest BCUT2D eigenvalue weighted by Gasteiger charge is 2.35. The quantitative estimate of drug-likeness (QED) is 0.534. The summed E-state index contributed by atoms with van der Waals surface area (Å²) in [4.78, 5) is 4.50. The first-order valence-corrected chi connectivity index (χ1v) is 13.1. The Morgan fingerprint density at radius 1 is 1.26 bits per heavy atom. The van der Waals surface area contributed by atoms with E-state index in [0.29, 0.717) is 43.1 Å².